The second-order valence-corrected chi connectivity index (χ2v) is 7.47. The summed E-state index contributed by atoms with van der Waals surface area (Å²) in [5.41, 5.74) is 3.18. The fraction of sp³-hybridized carbons (Fsp3) is 0.167. The predicted octanol–water partition coefficient (Wildman–Crippen LogP) is 5.13. The zero-order chi connectivity index (χ0) is 20.9. The first-order valence-electron chi connectivity index (χ1n) is 9.79. The third-order valence-corrected chi connectivity index (χ3v) is 5.39. The number of halogens is 2. The van der Waals surface area contributed by atoms with Crippen molar-refractivity contribution in [3.05, 3.63) is 101 Å². The normalized spacial score (nSPS) is 11.0. The lowest BCUT2D eigenvalue weighted by Gasteiger charge is -2.12. The SMILES string of the molecule is O=C(CCc1ccccc1)NCc1nc2ccccc2n1Cc1c(F)cccc1Cl. The van der Waals surface area contributed by atoms with E-state index in [1.54, 1.807) is 12.1 Å². The largest absolute Gasteiger partial charge is 0.349 e. The molecule has 0 saturated carbocycles. The highest BCUT2D eigenvalue weighted by Gasteiger charge is 2.15. The van der Waals surface area contributed by atoms with Crippen LogP contribution in [0.25, 0.3) is 11.0 Å². The topological polar surface area (TPSA) is 46.9 Å². The van der Waals surface area contributed by atoms with Crippen molar-refractivity contribution in [3.8, 4) is 0 Å². The van der Waals surface area contributed by atoms with Gasteiger partial charge in [0.2, 0.25) is 5.91 Å². The Balaban J connectivity index is 1.52. The van der Waals surface area contributed by atoms with Crippen LogP contribution < -0.4 is 5.32 Å². The molecule has 0 unspecified atom stereocenters. The lowest BCUT2D eigenvalue weighted by Crippen LogP contribution is -2.25. The highest BCUT2D eigenvalue weighted by molar-refractivity contribution is 6.31. The number of rotatable bonds is 7. The lowest BCUT2D eigenvalue weighted by molar-refractivity contribution is -0.121. The molecule has 0 bridgehead atoms. The maximum atomic E-state index is 14.4. The Morgan fingerprint density at radius 2 is 1.77 bits per heavy atom. The number of aromatic nitrogens is 2. The van der Waals surface area contributed by atoms with Crippen LogP contribution >= 0.6 is 11.6 Å². The van der Waals surface area contributed by atoms with Crippen molar-refractivity contribution >= 4 is 28.5 Å². The smallest absolute Gasteiger partial charge is 0.220 e. The fourth-order valence-electron chi connectivity index (χ4n) is 3.45. The van der Waals surface area contributed by atoms with E-state index in [1.165, 1.54) is 6.07 Å². The molecule has 4 nitrogen and oxygen atoms in total. The fourth-order valence-corrected chi connectivity index (χ4v) is 3.67. The standard InChI is InChI=1S/C24H21ClFN3O/c25-19-9-6-10-20(26)18(19)16-29-22-12-5-4-11-21(22)28-23(29)15-27-24(30)14-13-17-7-2-1-3-8-17/h1-12H,13-16H2,(H,27,30). The van der Waals surface area contributed by atoms with Crippen molar-refractivity contribution < 1.29 is 9.18 Å². The number of carbonyl (C=O) groups is 1. The number of hydrogen-bond acceptors (Lipinski definition) is 2. The second-order valence-electron chi connectivity index (χ2n) is 7.07. The van der Waals surface area contributed by atoms with Gasteiger partial charge in [0.05, 0.1) is 24.1 Å². The molecule has 0 atom stereocenters. The average molecular weight is 422 g/mol. The van der Waals surface area contributed by atoms with E-state index < -0.39 is 0 Å². The Labute approximate surface area is 179 Å². The molecular weight excluding hydrogens is 401 g/mol. The zero-order valence-electron chi connectivity index (χ0n) is 16.3. The van der Waals surface area contributed by atoms with Gasteiger partial charge in [0.1, 0.15) is 11.6 Å². The summed E-state index contributed by atoms with van der Waals surface area (Å²) in [4.78, 5) is 17.0. The monoisotopic (exact) mass is 421 g/mol. The number of hydrogen-bond donors (Lipinski definition) is 1. The molecule has 6 heteroatoms. The predicted molar refractivity (Wildman–Crippen MR) is 117 cm³/mol. The first-order valence-corrected chi connectivity index (χ1v) is 10.2. The number of amides is 1. The zero-order valence-corrected chi connectivity index (χ0v) is 17.1. The van der Waals surface area contributed by atoms with E-state index in [4.69, 9.17) is 11.6 Å². The Hall–Kier alpha value is -3.18. The van der Waals surface area contributed by atoms with Gasteiger partial charge >= 0.3 is 0 Å². The maximum Gasteiger partial charge on any atom is 0.220 e. The maximum absolute atomic E-state index is 14.4. The second kappa shape index (κ2) is 9.09. The van der Waals surface area contributed by atoms with Crippen molar-refractivity contribution in [2.24, 2.45) is 0 Å². The third kappa shape index (κ3) is 4.52. The summed E-state index contributed by atoms with van der Waals surface area (Å²) in [6.07, 6.45) is 1.07. The van der Waals surface area contributed by atoms with E-state index in [0.717, 1.165) is 16.6 Å². The van der Waals surface area contributed by atoms with Crippen LogP contribution in [0.3, 0.4) is 0 Å². The Bertz CT molecular complexity index is 1150. The highest BCUT2D eigenvalue weighted by atomic mass is 35.5. The molecule has 152 valence electrons. The molecule has 0 saturated heterocycles. The molecule has 4 aromatic rings. The summed E-state index contributed by atoms with van der Waals surface area (Å²) in [5.74, 6) is 0.239. The first-order chi connectivity index (χ1) is 14.6. The van der Waals surface area contributed by atoms with E-state index in [2.05, 4.69) is 10.3 Å². The van der Waals surface area contributed by atoms with E-state index in [1.807, 2.05) is 59.2 Å². The summed E-state index contributed by atoms with van der Waals surface area (Å²) in [5, 5.41) is 3.30. The van der Waals surface area contributed by atoms with Gasteiger partial charge in [-0.2, -0.15) is 0 Å². The molecule has 0 aliphatic heterocycles. The molecule has 30 heavy (non-hydrogen) atoms. The van der Waals surface area contributed by atoms with Gasteiger partial charge in [-0.25, -0.2) is 9.37 Å². The summed E-state index contributed by atoms with van der Waals surface area (Å²) in [6.45, 7) is 0.496. The van der Waals surface area contributed by atoms with E-state index in [-0.39, 0.29) is 24.8 Å². The van der Waals surface area contributed by atoms with Crippen LogP contribution in [0, 0.1) is 5.82 Å². The van der Waals surface area contributed by atoms with Crippen molar-refractivity contribution in [1.82, 2.24) is 14.9 Å². The number of para-hydroxylation sites is 2. The number of nitrogens with zero attached hydrogens (tertiary/aromatic N) is 2. The van der Waals surface area contributed by atoms with E-state index >= 15 is 0 Å². The molecule has 1 N–H and O–H groups in total. The van der Waals surface area contributed by atoms with Crippen molar-refractivity contribution in [3.63, 3.8) is 0 Å². The van der Waals surface area contributed by atoms with Crippen molar-refractivity contribution in [1.29, 1.82) is 0 Å². The number of nitrogens with one attached hydrogen (secondary N) is 1. The van der Waals surface area contributed by atoms with Gasteiger partial charge < -0.3 is 9.88 Å². The van der Waals surface area contributed by atoms with Gasteiger partial charge in [-0.1, -0.05) is 60.1 Å². The molecule has 0 radical (unpaired) electrons. The molecule has 1 aromatic heterocycles. The third-order valence-electron chi connectivity index (χ3n) is 5.04. The molecule has 3 aromatic carbocycles. The van der Waals surface area contributed by atoms with Crippen molar-refractivity contribution in [2.45, 2.75) is 25.9 Å². The molecule has 0 spiro atoms. The van der Waals surface area contributed by atoms with Crippen LogP contribution in [-0.2, 0) is 24.3 Å². The molecule has 0 fully saturated rings. The van der Waals surface area contributed by atoms with Gasteiger partial charge in [0.15, 0.2) is 0 Å². The minimum atomic E-state index is -0.363. The van der Waals surface area contributed by atoms with Crippen LogP contribution in [0.15, 0.2) is 72.8 Å². The average Bonchev–Trinajstić information content (AvgIpc) is 3.11. The molecule has 0 aliphatic rings. The van der Waals surface area contributed by atoms with Crippen LogP contribution in [0.1, 0.15) is 23.4 Å². The van der Waals surface area contributed by atoms with Gasteiger partial charge in [0, 0.05) is 17.0 Å². The van der Waals surface area contributed by atoms with E-state index in [9.17, 15) is 9.18 Å². The minimum absolute atomic E-state index is 0.0543. The van der Waals surface area contributed by atoms with Crippen LogP contribution in [0.2, 0.25) is 5.02 Å². The Morgan fingerprint density at radius 3 is 2.57 bits per heavy atom. The first kappa shape index (κ1) is 20.1. The number of fused-ring (bicyclic) bond motifs is 1. The summed E-state index contributed by atoms with van der Waals surface area (Å²) in [6, 6.07) is 22.2. The minimum Gasteiger partial charge on any atom is -0.349 e. The molecular formula is C24H21ClFN3O. The van der Waals surface area contributed by atoms with Gasteiger partial charge in [0.25, 0.3) is 0 Å². The molecule has 4 rings (SSSR count). The van der Waals surface area contributed by atoms with Crippen LogP contribution in [0.5, 0.6) is 0 Å². The highest BCUT2D eigenvalue weighted by Crippen LogP contribution is 2.24. The summed E-state index contributed by atoms with van der Waals surface area (Å²) >= 11 is 6.23. The van der Waals surface area contributed by atoms with Gasteiger partial charge in [-0.05, 0) is 36.2 Å². The number of aryl methyl sites for hydroxylation is 1. The molecule has 1 amide bonds. The summed E-state index contributed by atoms with van der Waals surface area (Å²) < 4.78 is 16.3. The number of imidazole rings is 1. The van der Waals surface area contributed by atoms with Gasteiger partial charge in [-0.15, -0.1) is 0 Å². The Morgan fingerprint density at radius 1 is 1.00 bits per heavy atom. The summed E-state index contributed by atoms with van der Waals surface area (Å²) in [7, 11) is 0. The molecule has 1 heterocycles. The lowest BCUT2D eigenvalue weighted by atomic mass is 10.1. The van der Waals surface area contributed by atoms with Gasteiger partial charge in [-0.3, -0.25) is 4.79 Å². The number of benzene rings is 3. The van der Waals surface area contributed by atoms with Crippen molar-refractivity contribution in [2.75, 3.05) is 0 Å². The van der Waals surface area contributed by atoms with Crippen LogP contribution in [0.4, 0.5) is 4.39 Å². The van der Waals surface area contributed by atoms with E-state index in [0.29, 0.717) is 29.3 Å². The Kier molecular flexibility index (Phi) is 6.10. The number of carbonyl (C=O) groups excluding carboxylic acids is 1. The quantitative estimate of drug-likeness (QED) is 0.450. The van der Waals surface area contributed by atoms with Crippen LogP contribution in [-0.4, -0.2) is 15.5 Å². The molecule has 0 aliphatic carbocycles.